The maximum absolute atomic E-state index is 12.2. The molecule has 102 valence electrons. The van der Waals surface area contributed by atoms with Crippen LogP contribution in [0.15, 0.2) is 53.3 Å². The Balaban J connectivity index is 2.09. The zero-order chi connectivity index (χ0) is 14.4. The zero-order valence-electron chi connectivity index (χ0n) is 11.4. The smallest absolute Gasteiger partial charge is 0.267 e. The van der Waals surface area contributed by atoms with Gasteiger partial charge in [0.25, 0.3) is 5.56 Å². The molecule has 0 spiro atoms. The van der Waals surface area contributed by atoms with Crippen LogP contribution >= 0.6 is 0 Å². The number of H-pyrrole nitrogens is 1. The first-order valence-corrected chi connectivity index (χ1v) is 6.67. The molecule has 1 N–H and O–H groups in total. The molecule has 21 heavy (non-hydrogen) atoms. The van der Waals surface area contributed by atoms with Gasteiger partial charge in [0.05, 0.1) is 10.9 Å². The van der Waals surface area contributed by atoms with E-state index < -0.39 is 0 Å². The Morgan fingerprint density at radius 2 is 1.81 bits per heavy atom. The molecule has 2 aromatic carbocycles. The number of aromatic amines is 1. The second-order valence-electron chi connectivity index (χ2n) is 5.02. The van der Waals surface area contributed by atoms with Gasteiger partial charge in [-0.15, -0.1) is 0 Å². The molecule has 0 saturated carbocycles. The molecule has 0 aliphatic carbocycles. The van der Waals surface area contributed by atoms with Gasteiger partial charge in [0, 0.05) is 5.56 Å². The van der Waals surface area contributed by atoms with Gasteiger partial charge < -0.3 is 0 Å². The predicted octanol–water partition coefficient (Wildman–Crippen LogP) is 2.55. The van der Waals surface area contributed by atoms with E-state index in [-0.39, 0.29) is 5.56 Å². The molecule has 0 aliphatic heterocycles. The third-order valence-corrected chi connectivity index (χ3v) is 3.59. The van der Waals surface area contributed by atoms with Crippen LogP contribution in [0.2, 0.25) is 0 Å². The van der Waals surface area contributed by atoms with E-state index in [2.05, 4.69) is 15.3 Å². The summed E-state index contributed by atoms with van der Waals surface area (Å²) >= 11 is 0. The van der Waals surface area contributed by atoms with E-state index in [1.54, 1.807) is 10.6 Å². The van der Waals surface area contributed by atoms with Gasteiger partial charge in [0.1, 0.15) is 5.69 Å². The summed E-state index contributed by atoms with van der Waals surface area (Å²) in [4.78, 5) is 16.3. The van der Waals surface area contributed by atoms with Gasteiger partial charge in [-0.3, -0.25) is 4.79 Å². The molecule has 0 fully saturated rings. The summed E-state index contributed by atoms with van der Waals surface area (Å²) in [6.45, 7) is 2.03. The number of fused-ring (bicyclic) bond motifs is 3. The SMILES string of the molecule is Cc1ccc(-c2n[nH]n3c2nc(=O)c2ccccc23)cc1. The molecule has 0 bridgehead atoms. The summed E-state index contributed by atoms with van der Waals surface area (Å²) in [5, 5.41) is 7.84. The van der Waals surface area contributed by atoms with E-state index in [1.807, 2.05) is 49.4 Å². The maximum atomic E-state index is 12.2. The average molecular weight is 276 g/mol. The Morgan fingerprint density at radius 3 is 2.62 bits per heavy atom. The van der Waals surface area contributed by atoms with E-state index in [1.165, 1.54) is 5.56 Å². The summed E-state index contributed by atoms with van der Waals surface area (Å²) in [5.41, 5.74) is 3.87. The molecule has 2 heterocycles. The second-order valence-corrected chi connectivity index (χ2v) is 5.02. The number of aromatic nitrogens is 4. The van der Waals surface area contributed by atoms with E-state index in [0.29, 0.717) is 16.7 Å². The van der Waals surface area contributed by atoms with Gasteiger partial charge in [-0.05, 0) is 19.1 Å². The first-order chi connectivity index (χ1) is 10.2. The van der Waals surface area contributed by atoms with Crippen molar-refractivity contribution in [3.8, 4) is 11.3 Å². The van der Waals surface area contributed by atoms with Crippen molar-refractivity contribution < 1.29 is 0 Å². The predicted molar refractivity (Wildman–Crippen MR) is 81.3 cm³/mol. The highest BCUT2D eigenvalue weighted by atomic mass is 16.1. The molecule has 0 unspecified atom stereocenters. The fourth-order valence-electron chi connectivity index (χ4n) is 2.49. The Kier molecular flexibility index (Phi) is 2.41. The number of rotatable bonds is 1. The lowest BCUT2D eigenvalue weighted by Gasteiger charge is -2.01. The van der Waals surface area contributed by atoms with Crippen molar-refractivity contribution in [3.63, 3.8) is 0 Å². The van der Waals surface area contributed by atoms with Crippen molar-refractivity contribution in [1.82, 2.24) is 19.8 Å². The molecular formula is C16H12N4O. The molecule has 5 heteroatoms. The summed E-state index contributed by atoms with van der Waals surface area (Å²) in [6, 6.07) is 15.3. The molecule has 0 radical (unpaired) electrons. The first kappa shape index (κ1) is 11.8. The minimum absolute atomic E-state index is 0.236. The Morgan fingerprint density at radius 1 is 1.05 bits per heavy atom. The van der Waals surface area contributed by atoms with E-state index in [0.717, 1.165) is 11.1 Å². The van der Waals surface area contributed by atoms with Crippen LogP contribution in [0.5, 0.6) is 0 Å². The van der Waals surface area contributed by atoms with Crippen molar-refractivity contribution in [2.75, 3.05) is 0 Å². The zero-order valence-corrected chi connectivity index (χ0v) is 11.4. The first-order valence-electron chi connectivity index (χ1n) is 6.67. The standard InChI is InChI=1S/C16H12N4O/c1-10-6-8-11(9-7-10)14-15-17-16(21)12-4-2-3-5-13(12)20(15)19-18-14/h2-9,19H,1H3. The second kappa shape index (κ2) is 4.28. The van der Waals surface area contributed by atoms with E-state index in [4.69, 9.17) is 0 Å². The van der Waals surface area contributed by atoms with Crippen molar-refractivity contribution in [3.05, 3.63) is 64.4 Å². The molecule has 2 aromatic heterocycles. The number of hydrogen-bond donors (Lipinski definition) is 1. The molecule has 4 aromatic rings. The van der Waals surface area contributed by atoms with E-state index >= 15 is 0 Å². The largest absolute Gasteiger partial charge is 0.281 e. The lowest BCUT2D eigenvalue weighted by Crippen LogP contribution is -2.10. The number of aryl methyl sites for hydroxylation is 1. The summed E-state index contributed by atoms with van der Waals surface area (Å²) in [7, 11) is 0. The van der Waals surface area contributed by atoms with Gasteiger partial charge in [-0.1, -0.05) is 42.0 Å². The summed E-state index contributed by atoms with van der Waals surface area (Å²) < 4.78 is 1.74. The van der Waals surface area contributed by atoms with Crippen LogP contribution in [0, 0.1) is 6.92 Å². The number of nitrogens with one attached hydrogen (secondary N) is 1. The van der Waals surface area contributed by atoms with Crippen molar-refractivity contribution in [1.29, 1.82) is 0 Å². The lowest BCUT2D eigenvalue weighted by molar-refractivity contribution is 0.874. The molecule has 5 nitrogen and oxygen atoms in total. The van der Waals surface area contributed by atoms with Gasteiger partial charge in [0.2, 0.25) is 0 Å². The number of benzene rings is 2. The Labute approximate surface area is 119 Å². The van der Waals surface area contributed by atoms with Crippen LogP contribution in [-0.4, -0.2) is 19.8 Å². The topological polar surface area (TPSA) is 63.1 Å². The summed E-state index contributed by atoms with van der Waals surface area (Å²) in [5.74, 6) is 0. The highest BCUT2D eigenvalue weighted by molar-refractivity contribution is 5.83. The fraction of sp³-hybridized carbons (Fsp3) is 0.0625. The van der Waals surface area contributed by atoms with Crippen LogP contribution in [0.1, 0.15) is 5.56 Å². The molecule has 0 aliphatic rings. The normalized spacial score (nSPS) is 11.3. The van der Waals surface area contributed by atoms with Crippen molar-refractivity contribution in [2.24, 2.45) is 0 Å². The molecule has 0 amide bonds. The minimum Gasteiger partial charge on any atom is -0.267 e. The van der Waals surface area contributed by atoms with Gasteiger partial charge in [0.15, 0.2) is 5.65 Å². The van der Waals surface area contributed by atoms with Gasteiger partial charge in [-0.25, -0.2) is 9.73 Å². The lowest BCUT2D eigenvalue weighted by atomic mass is 10.1. The van der Waals surface area contributed by atoms with Gasteiger partial charge in [-0.2, -0.15) is 10.1 Å². The van der Waals surface area contributed by atoms with Crippen LogP contribution in [0.25, 0.3) is 27.8 Å². The Bertz CT molecular complexity index is 1010. The van der Waals surface area contributed by atoms with E-state index in [9.17, 15) is 4.79 Å². The number of hydrogen-bond acceptors (Lipinski definition) is 3. The van der Waals surface area contributed by atoms with Crippen molar-refractivity contribution in [2.45, 2.75) is 6.92 Å². The van der Waals surface area contributed by atoms with Crippen molar-refractivity contribution >= 4 is 16.6 Å². The molecule has 0 saturated heterocycles. The third-order valence-electron chi connectivity index (χ3n) is 3.59. The van der Waals surface area contributed by atoms with Gasteiger partial charge >= 0.3 is 0 Å². The quantitative estimate of drug-likeness (QED) is 0.581. The average Bonchev–Trinajstić information content (AvgIpc) is 2.92. The summed E-state index contributed by atoms with van der Waals surface area (Å²) in [6.07, 6.45) is 0. The minimum atomic E-state index is -0.236. The molecule has 0 atom stereocenters. The van der Waals surface area contributed by atoms with Crippen LogP contribution < -0.4 is 5.56 Å². The number of nitrogens with zero attached hydrogens (tertiary/aromatic N) is 3. The monoisotopic (exact) mass is 276 g/mol. The van der Waals surface area contributed by atoms with Crippen LogP contribution in [0.4, 0.5) is 0 Å². The highest BCUT2D eigenvalue weighted by Crippen LogP contribution is 2.22. The molecular weight excluding hydrogens is 264 g/mol. The highest BCUT2D eigenvalue weighted by Gasteiger charge is 2.13. The maximum Gasteiger partial charge on any atom is 0.281 e. The third kappa shape index (κ3) is 1.74. The van der Waals surface area contributed by atoms with Crippen LogP contribution in [-0.2, 0) is 0 Å². The fourth-order valence-corrected chi connectivity index (χ4v) is 2.49. The van der Waals surface area contributed by atoms with Crippen LogP contribution in [0.3, 0.4) is 0 Å². The Hall–Kier alpha value is -2.95. The molecule has 4 rings (SSSR count). The number of para-hydroxylation sites is 1.